The number of carboxylic acid groups (broad SMARTS) is 1. The van der Waals surface area contributed by atoms with Gasteiger partial charge in [0, 0.05) is 17.2 Å². The SMILES string of the molecule is COC1=NC(NC(=O)c2ccc(Cl)cc2Cl)=C(C(=O)[O-])[N+]1(c1cccc(OC)c1)C(C)(C)C. The third-order valence-corrected chi connectivity index (χ3v) is 5.83. The number of hydrogen-bond donors (Lipinski definition) is 1. The number of ether oxygens (including phenoxy) is 2. The van der Waals surface area contributed by atoms with Crippen LogP contribution in [0, 0.1) is 0 Å². The van der Waals surface area contributed by atoms with E-state index in [1.807, 2.05) is 20.8 Å². The van der Waals surface area contributed by atoms with Crippen LogP contribution in [0.1, 0.15) is 31.1 Å². The Morgan fingerprint density at radius 3 is 2.30 bits per heavy atom. The normalized spacial score (nSPS) is 18.1. The maximum Gasteiger partial charge on any atom is 0.411 e. The van der Waals surface area contributed by atoms with E-state index in [2.05, 4.69) is 10.3 Å². The van der Waals surface area contributed by atoms with Crippen LogP contribution in [0.5, 0.6) is 5.75 Å². The van der Waals surface area contributed by atoms with Gasteiger partial charge in [-0.25, -0.2) is 0 Å². The Labute approximate surface area is 201 Å². The van der Waals surface area contributed by atoms with Crippen LogP contribution in [0.15, 0.2) is 59.0 Å². The van der Waals surface area contributed by atoms with Gasteiger partial charge in [-0.15, -0.1) is 4.99 Å². The van der Waals surface area contributed by atoms with Crippen LogP contribution in [0.3, 0.4) is 0 Å². The number of aliphatic imine (C=N–C) groups is 1. The maximum atomic E-state index is 13.0. The van der Waals surface area contributed by atoms with Crippen molar-refractivity contribution in [2.45, 2.75) is 26.3 Å². The number of halogens is 2. The fraction of sp³-hybridized carbons (Fsp3) is 0.261. The maximum absolute atomic E-state index is 13.0. The molecule has 0 aromatic heterocycles. The lowest BCUT2D eigenvalue weighted by atomic mass is 9.98. The molecule has 1 heterocycles. The second-order valence-electron chi connectivity index (χ2n) is 8.20. The molecular formula is C23H23Cl2N3O5. The quantitative estimate of drug-likeness (QED) is 0.645. The van der Waals surface area contributed by atoms with E-state index in [1.165, 1.54) is 32.4 Å². The molecule has 1 amide bonds. The van der Waals surface area contributed by atoms with E-state index < -0.39 is 21.9 Å². The second-order valence-corrected chi connectivity index (χ2v) is 9.05. The Bertz CT molecular complexity index is 1190. The van der Waals surface area contributed by atoms with E-state index in [4.69, 9.17) is 32.7 Å². The number of carbonyl (C=O) groups excluding carboxylic acids is 2. The highest BCUT2D eigenvalue weighted by Gasteiger charge is 2.58. The molecule has 0 saturated heterocycles. The van der Waals surface area contributed by atoms with Gasteiger partial charge in [-0.3, -0.25) is 4.79 Å². The first-order valence-electron chi connectivity index (χ1n) is 9.87. The topological polar surface area (TPSA) is 100 Å². The van der Waals surface area contributed by atoms with Gasteiger partial charge in [-0.05, 0) is 45.0 Å². The molecule has 1 unspecified atom stereocenters. The van der Waals surface area contributed by atoms with E-state index >= 15 is 0 Å². The minimum absolute atomic E-state index is 0.0347. The molecule has 0 fully saturated rings. The number of quaternary nitrogens is 1. The molecule has 1 aliphatic rings. The highest BCUT2D eigenvalue weighted by molar-refractivity contribution is 6.36. The molecule has 2 aromatic rings. The van der Waals surface area contributed by atoms with E-state index in [0.29, 0.717) is 16.5 Å². The van der Waals surface area contributed by atoms with Crippen molar-refractivity contribution in [3.63, 3.8) is 0 Å². The van der Waals surface area contributed by atoms with Crippen LogP contribution in [-0.4, -0.2) is 37.7 Å². The van der Waals surface area contributed by atoms with Gasteiger partial charge in [0.25, 0.3) is 5.91 Å². The number of hydrogen-bond acceptors (Lipinski definition) is 6. The summed E-state index contributed by atoms with van der Waals surface area (Å²) in [4.78, 5) is 29.9. The zero-order valence-corrected chi connectivity index (χ0v) is 20.2. The van der Waals surface area contributed by atoms with Gasteiger partial charge in [0.15, 0.2) is 5.69 Å². The number of carboxylic acids is 1. The van der Waals surface area contributed by atoms with Crippen molar-refractivity contribution in [3.05, 3.63) is 69.6 Å². The predicted octanol–water partition coefficient (Wildman–Crippen LogP) is 3.47. The number of rotatable bonds is 5. The molecular weight excluding hydrogens is 469 g/mol. The standard InChI is InChI=1S/C23H23Cl2N3O5/c1-23(2,3)28(14-7-6-8-15(12-14)32-4)18(21(30)31)19(27-22(28)33-5)26-20(29)16-10-9-13(24)11-17(16)25/h6-12H,1-5H3,(H-,26,29,30,31). The van der Waals surface area contributed by atoms with Crippen molar-refractivity contribution < 1.29 is 24.2 Å². The second kappa shape index (κ2) is 9.05. The van der Waals surface area contributed by atoms with Gasteiger partial charge < -0.3 is 24.7 Å². The Morgan fingerprint density at radius 2 is 1.76 bits per heavy atom. The first-order valence-corrected chi connectivity index (χ1v) is 10.6. The van der Waals surface area contributed by atoms with Crippen molar-refractivity contribution in [2.24, 2.45) is 4.99 Å². The van der Waals surface area contributed by atoms with E-state index in [9.17, 15) is 14.7 Å². The van der Waals surface area contributed by atoms with Crippen LogP contribution in [0.4, 0.5) is 5.69 Å². The summed E-state index contributed by atoms with van der Waals surface area (Å²) >= 11 is 12.1. The molecule has 174 valence electrons. The fourth-order valence-electron chi connectivity index (χ4n) is 3.90. The summed E-state index contributed by atoms with van der Waals surface area (Å²) in [6.07, 6.45) is 0. The molecule has 2 aromatic carbocycles. The molecule has 0 spiro atoms. The van der Waals surface area contributed by atoms with Gasteiger partial charge in [-0.2, -0.15) is 4.48 Å². The number of methoxy groups -OCH3 is 2. The van der Waals surface area contributed by atoms with Crippen LogP contribution in [0.25, 0.3) is 0 Å². The van der Waals surface area contributed by atoms with Crippen LogP contribution < -0.4 is 19.6 Å². The number of benzene rings is 2. The first kappa shape index (κ1) is 24.6. The summed E-state index contributed by atoms with van der Waals surface area (Å²) in [5.74, 6) is -1.90. The highest BCUT2D eigenvalue weighted by atomic mass is 35.5. The number of amidine groups is 1. The minimum atomic E-state index is -1.53. The van der Waals surface area contributed by atoms with Crippen molar-refractivity contribution in [1.29, 1.82) is 0 Å². The lowest BCUT2D eigenvalue weighted by Crippen LogP contribution is -2.66. The molecule has 8 nitrogen and oxygen atoms in total. The van der Waals surface area contributed by atoms with Crippen LogP contribution in [0.2, 0.25) is 10.0 Å². The molecule has 1 N–H and O–H groups in total. The molecule has 0 aliphatic carbocycles. The summed E-state index contributed by atoms with van der Waals surface area (Å²) in [6, 6.07) is 11.3. The molecule has 10 heteroatoms. The van der Waals surface area contributed by atoms with Gasteiger partial charge in [0.1, 0.15) is 17.3 Å². The molecule has 0 saturated carbocycles. The van der Waals surface area contributed by atoms with Crippen molar-refractivity contribution in [3.8, 4) is 5.75 Å². The Morgan fingerprint density at radius 1 is 1.06 bits per heavy atom. The van der Waals surface area contributed by atoms with Crippen molar-refractivity contribution >= 4 is 46.8 Å². The van der Waals surface area contributed by atoms with Crippen LogP contribution >= 0.6 is 23.2 Å². The third-order valence-electron chi connectivity index (χ3n) is 5.28. The lowest BCUT2D eigenvalue weighted by molar-refractivity contribution is -0.301. The van der Waals surface area contributed by atoms with Crippen molar-refractivity contribution in [2.75, 3.05) is 14.2 Å². The number of aliphatic carboxylic acids is 1. The Hall–Kier alpha value is -3.07. The third kappa shape index (κ3) is 4.17. The molecule has 33 heavy (non-hydrogen) atoms. The monoisotopic (exact) mass is 491 g/mol. The average molecular weight is 492 g/mol. The molecule has 1 aliphatic heterocycles. The van der Waals surface area contributed by atoms with E-state index in [1.54, 1.807) is 24.3 Å². The molecule has 0 radical (unpaired) electrons. The van der Waals surface area contributed by atoms with Gasteiger partial charge >= 0.3 is 6.02 Å². The molecule has 0 bridgehead atoms. The smallest absolute Gasteiger partial charge is 0.411 e. The summed E-state index contributed by atoms with van der Waals surface area (Å²) < 4.78 is 10.5. The van der Waals surface area contributed by atoms with E-state index in [-0.39, 0.29) is 28.1 Å². The number of amides is 1. The van der Waals surface area contributed by atoms with Gasteiger partial charge in [0.05, 0.1) is 24.8 Å². The predicted molar refractivity (Wildman–Crippen MR) is 125 cm³/mol. The lowest BCUT2D eigenvalue weighted by Gasteiger charge is -2.44. The highest BCUT2D eigenvalue weighted by Crippen LogP contribution is 2.44. The Kier molecular flexibility index (Phi) is 6.74. The van der Waals surface area contributed by atoms with Gasteiger partial charge in [0.2, 0.25) is 11.5 Å². The number of nitrogens with one attached hydrogen (secondary N) is 1. The summed E-state index contributed by atoms with van der Waals surface area (Å²) in [5, 5.41) is 15.6. The van der Waals surface area contributed by atoms with E-state index in [0.717, 1.165) is 0 Å². The van der Waals surface area contributed by atoms with Gasteiger partial charge in [-0.1, -0.05) is 29.3 Å². The fourth-order valence-corrected chi connectivity index (χ4v) is 4.39. The molecule has 3 rings (SSSR count). The molecule has 1 atom stereocenters. The average Bonchev–Trinajstić information content (AvgIpc) is 3.08. The zero-order valence-electron chi connectivity index (χ0n) is 18.7. The Balaban J connectivity index is 2.26. The minimum Gasteiger partial charge on any atom is -0.540 e. The summed E-state index contributed by atoms with van der Waals surface area (Å²) in [7, 11) is 2.89. The van der Waals surface area contributed by atoms with Crippen LogP contribution in [-0.2, 0) is 9.53 Å². The summed E-state index contributed by atoms with van der Waals surface area (Å²) in [5.41, 5.74) is -0.537. The van der Waals surface area contributed by atoms with Crippen molar-refractivity contribution in [1.82, 2.24) is 9.80 Å². The zero-order chi connectivity index (χ0) is 24.6. The summed E-state index contributed by atoms with van der Waals surface area (Å²) in [6.45, 7) is 5.47. The number of nitrogens with zero attached hydrogens (tertiary/aromatic N) is 2. The first-order chi connectivity index (χ1) is 15.5. The number of carbonyl (C=O) groups is 2. The largest absolute Gasteiger partial charge is 0.540 e.